The number of carboxylic acid groups (broad SMARTS) is 2. The number of hydrogen-bond donors (Lipinski definition) is 10. The fourth-order valence-corrected chi connectivity index (χ4v) is 4.15. The lowest BCUT2D eigenvalue weighted by molar-refractivity contribution is -0.143. The Bertz CT molecular complexity index is 1350. The third kappa shape index (κ3) is 13.2. The molecule has 4 unspecified atom stereocenters. The minimum atomic E-state index is -1.56. The van der Waals surface area contributed by atoms with Gasteiger partial charge in [-0.05, 0) is 54.7 Å². The standard InChI is InChI=1S/C29H39N7O9/c30-20(2-1-13-33-29(31)32)25(41)35-22(14-16-3-7-18(37)8-4-16)27(43)36-23(15-17-5-9-19(38)10-6-17)26(42)34-21(28(44)45)11-12-24(39)40/h3-10,20-23,37-38H,1-2,11-15,30H2,(H,34,42)(H,35,41)(H,36,43)(H,39,40)(H,44,45)(H4,31,32,33). The quantitative estimate of drug-likeness (QED) is 0.0521. The van der Waals surface area contributed by atoms with E-state index in [4.69, 9.17) is 22.3 Å². The third-order valence-corrected chi connectivity index (χ3v) is 6.58. The van der Waals surface area contributed by atoms with Crippen molar-refractivity contribution in [2.24, 2.45) is 22.2 Å². The Labute approximate surface area is 258 Å². The lowest BCUT2D eigenvalue weighted by Gasteiger charge is -2.25. The van der Waals surface area contributed by atoms with Crippen LogP contribution in [0.1, 0.15) is 36.8 Å². The van der Waals surface area contributed by atoms with Crippen molar-refractivity contribution in [2.45, 2.75) is 62.7 Å². The Kier molecular flexibility index (Phi) is 14.1. The number of aliphatic imine (C=N–C) groups is 1. The van der Waals surface area contributed by atoms with Crippen LogP contribution in [0.25, 0.3) is 0 Å². The van der Waals surface area contributed by atoms with E-state index >= 15 is 0 Å². The molecule has 0 fully saturated rings. The molecule has 0 aliphatic carbocycles. The van der Waals surface area contributed by atoms with Crippen LogP contribution >= 0.6 is 0 Å². The molecule has 0 bridgehead atoms. The van der Waals surface area contributed by atoms with Gasteiger partial charge in [0.2, 0.25) is 17.7 Å². The van der Waals surface area contributed by atoms with Gasteiger partial charge in [0, 0.05) is 25.8 Å². The molecule has 0 saturated carbocycles. The van der Waals surface area contributed by atoms with Crippen molar-refractivity contribution < 1.29 is 44.4 Å². The first-order valence-electron chi connectivity index (χ1n) is 14.0. The van der Waals surface area contributed by atoms with Gasteiger partial charge in [0.25, 0.3) is 0 Å². The number of hydrogen-bond acceptors (Lipinski definition) is 9. The zero-order valence-corrected chi connectivity index (χ0v) is 24.4. The lowest BCUT2D eigenvalue weighted by Crippen LogP contribution is -2.58. The SMILES string of the molecule is NC(N)=NCCCC(N)C(=O)NC(Cc1ccc(O)cc1)C(=O)NC(Cc1ccc(O)cc1)C(=O)NC(CCC(=O)O)C(=O)O. The molecule has 4 atom stereocenters. The van der Waals surface area contributed by atoms with Gasteiger partial charge in [0.05, 0.1) is 6.04 Å². The molecule has 0 aliphatic rings. The monoisotopic (exact) mass is 629 g/mol. The van der Waals surface area contributed by atoms with Gasteiger partial charge in [-0.3, -0.25) is 24.2 Å². The number of phenolic OH excluding ortho intramolecular Hbond substituents is 2. The molecule has 0 radical (unpaired) electrons. The predicted molar refractivity (Wildman–Crippen MR) is 162 cm³/mol. The number of rotatable bonds is 18. The van der Waals surface area contributed by atoms with Crippen LogP contribution in [0.3, 0.4) is 0 Å². The number of phenols is 2. The number of carbonyl (C=O) groups is 5. The van der Waals surface area contributed by atoms with Crippen molar-refractivity contribution in [1.82, 2.24) is 16.0 Å². The van der Waals surface area contributed by atoms with E-state index in [2.05, 4.69) is 20.9 Å². The van der Waals surface area contributed by atoms with E-state index < -0.39 is 66.7 Å². The van der Waals surface area contributed by atoms with Gasteiger partial charge in [-0.15, -0.1) is 0 Å². The third-order valence-electron chi connectivity index (χ3n) is 6.58. The van der Waals surface area contributed by atoms with Crippen LogP contribution < -0.4 is 33.2 Å². The van der Waals surface area contributed by atoms with E-state index in [1.807, 2.05) is 0 Å². The van der Waals surface area contributed by atoms with Crippen molar-refractivity contribution in [1.29, 1.82) is 0 Å². The van der Waals surface area contributed by atoms with Crippen LogP contribution in [-0.4, -0.2) is 86.8 Å². The minimum absolute atomic E-state index is 0.0203. The maximum Gasteiger partial charge on any atom is 0.326 e. The fraction of sp³-hybridized carbons (Fsp3) is 0.379. The number of guanidine groups is 1. The number of amides is 3. The molecule has 2 aromatic rings. The van der Waals surface area contributed by atoms with Crippen molar-refractivity contribution >= 4 is 35.6 Å². The Hall–Kier alpha value is -5.38. The highest BCUT2D eigenvalue weighted by Gasteiger charge is 2.31. The Morgan fingerprint density at radius 1 is 0.689 bits per heavy atom. The first-order valence-corrected chi connectivity index (χ1v) is 14.0. The molecule has 13 N–H and O–H groups in total. The van der Waals surface area contributed by atoms with Crippen LogP contribution in [0, 0.1) is 0 Å². The second kappa shape index (κ2) is 17.7. The first-order chi connectivity index (χ1) is 21.2. The molecule has 2 rings (SSSR count). The average Bonchev–Trinajstić information content (AvgIpc) is 2.98. The van der Waals surface area contributed by atoms with Gasteiger partial charge in [0.1, 0.15) is 29.6 Å². The van der Waals surface area contributed by atoms with Gasteiger partial charge >= 0.3 is 11.9 Å². The smallest absolute Gasteiger partial charge is 0.326 e. The topological polar surface area (TPSA) is 293 Å². The summed E-state index contributed by atoms with van der Waals surface area (Å²) in [5, 5.41) is 45.2. The summed E-state index contributed by atoms with van der Waals surface area (Å²) in [6, 6.07) is 6.36. The molecule has 16 nitrogen and oxygen atoms in total. The summed E-state index contributed by atoms with van der Waals surface area (Å²) in [5.74, 6) is -5.29. The van der Waals surface area contributed by atoms with Gasteiger partial charge in [0.15, 0.2) is 5.96 Å². The average molecular weight is 630 g/mol. The molecule has 0 aromatic heterocycles. The number of nitrogens with two attached hydrogens (primary N) is 3. The Morgan fingerprint density at radius 2 is 1.13 bits per heavy atom. The molecular formula is C29H39N7O9. The van der Waals surface area contributed by atoms with E-state index in [1.54, 1.807) is 0 Å². The molecular weight excluding hydrogens is 590 g/mol. The minimum Gasteiger partial charge on any atom is -0.508 e. The van der Waals surface area contributed by atoms with Gasteiger partial charge < -0.3 is 53.6 Å². The highest BCUT2D eigenvalue weighted by molar-refractivity contribution is 5.94. The number of nitrogens with one attached hydrogen (secondary N) is 3. The van der Waals surface area contributed by atoms with Crippen molar-refractivity contribution in [3.8, 4) is 11.5 Å². The summed E-state index contributed by atoms with van der Waals surface area (Å²) in [6.45, 7) is 0.235. The number of nitrogens with zero attached hydrogens (tertiary/aromatic N) is 1. The number of benzene rings is 2. The van der Waals surface area contributed by atoms with E-state index in [-0.39, 0.29) is 43.3 Å². The number of carboxylic acids is 2. The second-order valence-electron chi connectivity index (χ2n) is 10.3. The molecule has 16 heteroatoms. The number of aromatic hydroxyl groups is 2. The Balaban J connectivity index is 2.30. The van der Waals surface area contributed by atoms with Crippen molar-refractivity contribution in [3.05, 3.63) is 59.7 Å². The highest BCUT2D eigenvalue weighted by Crippen LogP contribution is 2.14. The maximum absolute atomic E-state index is 13.6. The summed E-state index contributed by atoms with van der Waals surface area (Å²) >= 11 is 0. The summed E-state index contributed by atoms with van der Waals surface area (Å²) in [7, 11) is 0. The van der Waals surface area contributed by atoms with Crippen LogP contribution in [0.15, 0.2) is 53.5 Å². The lowest BCUT2D eigenvalue weighted by atomic mass is 10.0. The molecule has 0 saturated heterocycles. The molecule has 45 heavy (non-hydrogen) atoms. The predicted octanol–water partition coefficient (Wildman–Crippen LogP) is -1.33. The fourth-order valence-electron chi connectivity index (χ4n) is 4.15. The van der Waals surface area contributed by atoms with Gasteiger partial charge in [-0.25, -0.2) is 4.79 Å². The molecule has 2 aromatic carbocycles. The summed E-state index contributed by atoms with van der Waals surface area (Å²) in [5.41, 5.74) is 17.7. The van der Waals surface area contributed by atoms with Crippen molar-refractivity contribution in [2.75, 3.05) is 6.54 Å². The maximum atomic E-state index is 13.6. The first kappa shape index (κ1) is 35.8. The van der Waals surface area contributed by atoms with Gasteiger partial charge in [-0.1, -0.05) is 24.3 Å². The Morgan fingerprint density at radius 3 is 1.56 bits per heavy atom. The van der Waals surface area contributed by atoms with E-state index in [1.165, 1.54) is 48.5 Å². The number of carbonyl (C=O) groups excluding carboxylic acids is 3. The second-order valence-corrected chi connectivity index (χ2v) is 10.3. The zero-order chi connectivity index (χ0) is 33.5. The molecule has 244 valence electrons. The molecule has 3 amide bonds. The molecule has 0 aliphatic heterocycles. The normalized spacial score (nSPS) is 13.4. The molecule has 0 spiro atoms. The number of aliphatic carboxylic acids is 2. The largest absolute Gasteiger partial charge is 0.508 e. The summed E-state index contributed by atoms with van der Waals surface area (Å²) < 4.78 is 0. The van der Waals surface area contributed by atoms with Crippen LogP contribution in [0.4, 0.5) is 0 Å². The zero-order valence-electron chi connectivity index (χ0n) is 24.4. The van der Waals surface area contributed by atoms with E-state index in [9.17, 15) is 39.3 Å². The van der Waals surface area contributed by atoms with Crippen LogP contribution in [0.2, 0.25) is 0 Å². The van der Waals surface area contributed by atoms with Crippen molar-refractivity contribution in [3.63, 3.8) is 0 Å². The van der Waals surface area contributed by atoms with Gasteiger partial charge in [-0.2, -0.15) is 0 Å². The van der Waals surface area contributed by atoms with Crippen LogP contribution in [0.5, 0.6) is 11.5 Å². The van der Waals surface area contributed by atoms with Crippen LogP contribution in [-0.2, 0) is 36.8 Å². The summed E-state index contributed by atoms with van der Waals surface area (Å²) in [4.78, 5) is 66.4. The van der Waals surface area contributed by atoms with E-state index in [0.717, 1.165) is 0 Å². The van der Waals surface area contributed by atoms with E-state index in [0.29, 0.717) is 17.5 Å². The highest BCUT2D eigenvalue weighted by atomic mass is 16.4. The molecule has 0 heterocycles. The summed E-state index contributed by atoms with van der Waals surface area (Å²) in [6.07, 6.45) is -0.580.